The largest absolute Gasteiger partial charge is 0.493 e. The summed E-state index contributed by atoms with van der Waals surface area (Å²) in [6.07, 6.45) is 1.95. The summed E-state index contributed by atoms with van der Waals surface area (Å²) in [5.41, 5.74) is 4.02. The average molecular weight is 424 g/mol. The molecule has 0 fully saturated rings. The molecule has 0 saturated heterocycles. The minimum absolute atomic E-state index is 0.0447. The van der Waals surface area contributed by atoms with E-state index in [4.69, 9.17) is 9.47 Å². The second-order valence-corrected chi connectivity index (χ2v) is 7.87. The quantitative estimate of drug-likeness (QED) is 0.585. The van der Waals surface area contributed by atoms with Gasteiger partial charge < -0.3 is 14.4 Å². The van der Waals surface area contributed by atoms with Crippen LogP contribution in [0.3, 0.4) is 0 Å². The van der Waals surface area contributed by atoms with Gasteiger partial charge in [0.05, 0.1) is 25.3 Å². The van der Waals surface area contributed by atoms with Gasteiger partial charge in [-0.15, -0.1) is 0 Å². The van der Waals surface area contributed by atoms with Crippen LogP contribution < -0.4 is 15.2 Å². The molecule has 1 aliphatic heterocycles. The standard InChI is InChI=1S/C24H29N3O4/c1-4-11-26-19-7-5-6-8-20(19)27(24(26)29)13-10-23(28)25-12-9-17-14-21(30-2)22(31-3)15-18(17)16-25/h5-8,14-15H,4,9-13,16H2,1-3H3. The first-order valence-corrected chi connectivity index (χ1v) is 10.8. The number of aryl methyl sites for hydroxylation is 2. The fraction of sp³-hybridized carbons (Fsp3) is 0.417. The van der Waals surface area contributed by atoms with E-state index >= 15 is 0 Å². The minimum Gasteiger partial charge on any atom is -0.493 e. The summed E-state index contributed by atoms with van der Waals surface area (Å²) in [6, 6.07) is 11.7. The summed E-state index contributed by atoms with van der Waals surface area (Å²) in [7, 11) is 3.24. The van der Waals surface area contributed by atoms with Crippen LogP contribution in [0.2, 0.25) is 0 Å². The minimum atomic E-state index is -0.0447. The van der Waals surface area contributed by atoms with Gasteiger partial charge in [-0.05, 0) is 48.2 Å². The number of benzene rings is 2. The molecular formula is C24H29N3O4. The molecule has 4 rings (SSSR count). The van der Waals surface area contributed by atoms with Gasteiger partial charge in [-0.2, -0.15) is 0 Å². The van der Waals surface area contributed by atoms with Crippen molar-refractivity contribution in [2.45, 2.75) is 45.8 Å². The first kappa shape index (κ1) is 21.0. The van der Waals surface area contributed by atoms with Gasteiger partial charge in [-0.25, -0.2) is 4.79 Å². The molecule has 164 valence electrons. The molecule has 0 aliphatic carbocycles. The van der Waals surface area contributed by atoms with Gasteiger partial charge >= 0.3 is 5.69 Å². The zero-order valence-corrected chi connectivity index (χ0v) is 18.4. The van der Waals surface area contributed by atoms with Crippen molar-refractivity contribution in [3.05, 3.63) is 58.0 Å². The molecule has 0 N–H and O–H groups in total. The first-order valence-electron chi connectivity index (χ1n) is 10.8. The average Bonchev–Trinajstić information content (AvgIpc) is 3.07. The fourth-order valence-corrected chi connectivity index (χ4v) is 4.39. The summed E-state index contributed by atoms with van der Waals surface area (Å²) in [6.45, 7) is 4.31. The van der Waals surface area contributed by atoms with E-state index in [0.717, 1.165) is 29.4 Å². The molecule has 0 bridgehead atoms. The molecule has 3 aromatic rings. The van der Waals surface area contributed by atoms with Crippen LogP contribution in [-0.4, -0.2) is 40.7 Å². The monoisotopic (exact) mass is 423 g/mol. The fourth-order valence-electron chi connectivity index (χ4n) is 4.39. The highest BCUT2D eigenvalue weighted by Crippen LogP contribution is 2.33. The topological polar surface area (TPSA) is 65.7 Å². The maximum absolute atomic E-state index is 13.0. The highest BCUT2D eigenvalue weighted by Gasteiger charge is 2.23. The number of aromatic nitrogens is 2. The van der Waals surface area contributed by atoms with E-state index < -0.39 is 0 Å². The van der Waals surface area contributed by atoms with Crippen molar-refractivity contribution in [1.82, 2.24) is 14.0 Å². The number of carbonyl (C=O) groups excluding carboxylic acids is 1. The summed E-state index contributed by atoms with van der Waals surface area (Å²) in [4.78, 5) is 27.8. The summed E-state index contributed by atoms with van der Waals surface area (Å²) < 4.78 is 14.3. The Hall–Kier alpha value is -3.22. The van der Waals surface area contributed by atoms with Crippen LogP contribution in [0.1, 0.15) is 30.9 Å². The van der Waals surface area contributed by atoms with E-state index in [1.807, 2.05) is 41.3 Å². The molecule has 1 aromatic heterocycles. The van der Waals surface area contributed by atoms with Gasteiger partial charge in [-0.1, -0.05) is 19.1 Å². The molecule has 0 radical (unpaired) electrons. The number of hydrogen-bond acceptors (Lipinski definition) is 4. The van der Waals surface area contributed by atoms with Gasteiger partial charge in [0.1, 0.15) is 0 Å². The number of rotatable bonds is 7. The van der Waals surface area contributed by atoms with Crippen LogP contribution in [0, 0.1) is 0 Å². The summed E-state index contributed by atoms with van der Waals surface area (Å²) >= 11 is 0. The Balaban J connectivity index is 1.51. The van der Waals surface area contributed by atoms with Crippen molar-refractivity contribution in [3.8, 4) is 11.5 Å². The molecule has 0 saturated carbocycles. The molecule has 2 heterocycles. The number of carbonyl (C=O) groups is 1. The van der Waals surface area contributed by atoms with Crippen LogP contribution in [-0.2, 0) is 30.8 Å². The van der Waals surface area contributed by atoms with Crippen molar-refractivity contribution in [2.24, 2.45) is 0 Å². The molecule has 7 nitrogen and oxygen atoms in total. The number of hydrogen-bond donors (Lipinski definition) is 0. The van der Waals surface area contributed by atoms with Crippen LogP contribution >= 0.6 is 0 Å². The normalized spacial score (nSPS) is 13.3. The Bertz CT molecular complexity index is 1160. The van der Waals surface area contributed by atoms with Gasteiger partial charge in [0.25, 0.3) is 0 Å². The maximum atomic E-state index is 13.0. The number of imidazole rings is 1. The lowest BCUT2D eigenvalue weighted by Crippen LogP contribution is -2.37. The third-order valence-corrected chi connectivity index (χ3v) is 5.99. The van der Waals surface area contributed by atoms with Gasteiger partial charge in [0, 0.05) is 32.6 Å². The zero-order valence-electron chi connectivity index (χ0n) is 18.4. The van der Waals surface area contributed by atoms with Crippen molar-refractivity contribution in [2.75, 3.05) is 20.8 Å². The van der Waals surface area contributed by atoms with E-state index in [9.17, 15) is 9.59 Å². The second kappa shape index (κ2) is 8.88. The van der Waals surface area contributed by atoms with Crippen LogP contribution in [0.5, 0.6) is 11.5 Å². The van der Waals surface area contributed by atoms with E-state index in [1.54, 1.807) is 23.4 Å². The molecule has 1 amide bonds. The Kier molecular flexibility index (Phi) is 6.02. The summed E-state index contributed by atoms with van der Waals surface area (Å²) in [5, 5.41) is 0. The molecule has 31 heavy (non-hydrogen) atoms. The first-order chi connectivity index (χ1) is 15.1. The number of nitrogens with zero attached hydrogens (tertiary/aromatic N) is 3. The molecule has 0 spiro atoms. The van der Waals surface area contributed by atoms with Gasteiger partial charge in [-0.3, -0.25) is 13.9 Å². The number of para-hydroxylation sites is 2. The van der Waals surface area contributed by atoms with Crippen LogP contribution in [0.4, 0.5) is 0 Å². The predicted octanol–water partition coefficient (Wildman–Crippen LogP) is 3.21. The molecule has 0 atom stereocenters. The highest BCUT2D eigenvalue weighted by atomic mass is 16.5. The molecular weight excluding hydrogens is 394 g/mol. The van der Waals surface area contributed by atoms with Crippen LogP contribution in [0.15, 0.2) is 41.2 Å². The van der Waals surface area contributed by atoms with Crippen molar-refractivity contribution in [1.29, 1.82) is 0 Å². The number of amides is 1. The number of fused-ring (bicyclic) bond motifs is 2. The molecule has 7 heteroatoms. The van der Waals surface area contributed by atoms with E-state index in [0.29, 0.717) is 44.1 Å². The SMILES string of the molecule is CCCn1c(=O)n(CCC(=O)N2CCc3cc(OC)c(OC)cc3C2)c2ccccc21. The van der Waals surface area contributed by atoms with Gasteiger partial charge in [0.15, 0.2) is 11.5 Å². The van der Waals surface area contributed by atoms with Crippen molar-refractivity contribution >= 4 is 16.9 Å². The smallest absolute Gasteiger partial charge is 0.329 e. The van der Waals surface area contributed by atoms with E-state index in [1.165, 1.54) is 5.56 Å². The Labute approximate surface area is 181 Å². The number of methoxy groups -OCH3 is 2. The van der Waals surface area contributed by atoms with Crippen molar-refractivity contribution < 1.29 is 14.3 Å². The highest BCUT2D eigenvalue weighted by molar-refractivity contribution is 5.78. The van der Waals surface area contributed by atoms with E-state index in [-0.39, 0.29) is 11.6 Å². The third kappa shape index (κ3) is 3.92. The molecule has 1 aliphatic rings. The summed E-state index contributed by atoms with van der Waals surface area (Å²) in [5.74, 6) is 1.44. The van der Waals surface area contributed by atoms with E-state index in [2.05, 4.69) is 6.92 Å². The third-order valence-electron chi connectivity index (χ3n) is 5.99. The lowest BCUT2D eigenvalue weighted by atomic mass is 9.98. The molecule has 2 aromatic carbocycles. The van der Waals surface area contributed by atoms with Crippen molar-refractivity contribution in [3.63, 3.8) is 0 Å². The molecule has 0 unspecified atom stereocenters. The second-order valence-electron chi connectivity index (χ2n) is 7.87. The van der Waals surface area contributed by atoms with Gasteiger partial charge in [0.2, 0.25) is 5.91 Å². The Morgan fingerprint density at radius 2 is 1.58 bits per heavy atom. The number of ether oxygens (including phenoxy) is 2. The Morgan fingerprint density at radius 1 is 0.968 bits per heavy atom. The van der Waals surface area contributed by atoms with Crippen LogP contribution in [0.25, 0.3) is 11.0 Å². The lowest BCUT2D eigenvalue weighted by Gasteiger charge is -2.29. The zero-order chi connectivity index (χ0) is 22.0. The lowest BCUT2D eigenvalue weighted by molar-refractivity contribution is -0.132. The Morgan fingerprint density at radius 3 is 2.19 bits per heavy atom. The maximum Gasteiger partial charge on any atom is 0.329 e. The predicted molar refractivity (Wildman–Crippen MR) is 120 cm³/mol.